The lowest BCUT2D eigenvalue weighted by molar-refractivity contribution is -0.150. The molecule has 4 heteroatoms. The second-order valence-electron chi connectivity index (χ2n) is 15.2. The summed E-state index contributed by atoms with van der Waals surface area (Å²) >= 11 is 0. The van der Waals surface area contributed by atoms with E-state index in [1.165, 1.54) is 109 Å². The zero-order chi connectivity index (χ0) is 37.8. The van der Waals surface area contributed by atoms with E-state index >= 15 is 0 Å². The van der Waals surface area contributed by atoms with E-state index in [2.05, 4.69) is 62.5 Å². The highest BCUT2D eigenvalue weighted by Gasteiger charge is 2.14. The third-order valence-corrected chi connectivity index (χ3v) is 10.1. The SMILES string of the molecule is CC/C=C\C/C=C\C/C=C\C/C=C\CCCCC(CCCCCCCC(=O)O)OC(=O)CCCCCCCCCCCCCCCCCCCCC. The van der Waals surface area contributed by atoms with Gasteiger partial charge in [0.05, 0.1) is 0 Å². The topological polar surface area (TPSA) is 63.6 Å². The standard InChI is InChI=1S/C48H86O4/c1-3-5-7-9-11-13-15-17-19-20-21-22-24-26-28-30-32-37-41-45-48(51)52-46(43-39-35-33-36-40-44-47(49)50)42-38-34-31-29-27-25-23-18-16-14-12-10-8-6-4-2/h6,8,12,14,18,23,27,29,46H,3-5,7,9-11,13,15-17,19-22,24-26,28,30-45H2,1-2H3,(H,49,50)/b8-6-,14-12-,23-18-,29-27-. The van der Waals surface area contributed by atoms with E-state index in [0.29, 0.717) is 6.42 Å². The van der Waals surface area contributed by atoms with Crippen molar-refractivity contribution >= 4 is 11.9 Å². The van der Waals surface area contributed by atoms with Gasteiger partial charge in [-0.2, -0.15) is 0 Å². The van der Waals surface area contributed by atoms with Gasteiger partial charge in [-0.15, -0.1) is 0 Å². The average molecular weight is 727 g/mol. The third-order valence-electron chi connectivity index (χ3n) is 10.1. The summed E-state index contributed by atoms with van der Waals surface area (Å²) in [4.78, 5) is 23.5. The number of allylic oxidation sites excluding steroid dienone is 8. The lowest BCUT2D eigenvalue weighted by Crippen LogP contribution is -2.18. The largest absolute Gasteiger partial charge is 0.481 e. The van der Waals surface area contributed by atoms with Gasteiger partial charge >= 0.3 is 11.9 Å². The fourth-order valence-corrected chi connectivity index (χ4v) is 6.77. The van der Waals surface area contributed by atoms with Crippen molar-refractivity contribution in [3.8, 4) is 0 Å². The van der Waals surface area contributed by atoms with Crippen molar-refractivity contribution in [2.45, 2.75) is 245 Å². The quantitative estimate of drug-likeness (QED) is 0.0387. The van der Waals surface area contributed by atoms with E-state index in [9.17, 15) is 9.59 Å². The highest BCUT2D eigenvalue weighted by atomic mass is 16.5. The molecule has 1 atom stereocenters. The van der Waals surface area contributed by atoms with Gasteiger partial charge in [-0.1, -0.05) is 197 Å². The lowest BCUT2D eigenvalue weighted by Gasteiger charge is -2.18. The Morgan fingerprint density at radius 3 is 1.25 bits per heavy atom. The number of unbranched alkanes of at least 4 members (excludes halogenated alkanes) is 24. The number of hydrogen-bond donors (Lipinski definition) is 1. The highest BCUT2D eigenvalue weighted by Crippen LogP contribution is 2.19. The van der Waals surface area contributed by atoms with E-state index in [0.717, 1.165) is 103 Å². The first-order valence-corrected chi connectivity index (χ1v) is 22.6. The van der Waals surface area contributed by atoms with Crippen LogP contribution in [0, 0.1) is 0 Å². The van der Waals surface area contributed by atoms with Crippen molar-refractivity contribution in [2.75, 3.05) is 0 Å². The molecule has 4 nitrogen and oxygen atoms in total. The molecule has 1 N–H and O–H groups in total. The molecule has 0 aliphatic heterocycles. The summed E-state index contributed by atoms with van der Waals surface area (Å²) in [6.45, 7) is 4.45. The van der Waals surface area contributed by atoms with Gasteiger partial charge in [-0.3, -0.25) is 9.59 Å². The molecule has 0 fully saturated rings. The van der Waals surface area contributed by atoms with Crippen molar-refractivity contribution in [2.24, 2.45) is 0 Å². The van der Waals surface area contributed by atoms with Gasteiger partial charge in [0.1, 0.15) is 6.10 Å². The van der Waals surface area contributed by atoms with Crippen LogP contribution in [0.2, 0.25) is 0 Å². The van der Waals surface area contributed by atoms with Gasteiger partial charge in [0.2, 0.25) is 0 Å². The number of carbonyl (C=O) groups excluding carboxylic acids is 1. The maximum atomic E-state index is 12.7. The smallest absolute Gasteiger partial charge is 0.306 e. The summed E-state index contributed by atoms with van der Waals surface area (Å²) < 4.78 is 6.01. The summed E-state index contributed by atoms with van der Waals surface area (Å²) in [7, 11) is 0. The minimum Gasteiger partial charge on any atom is -0.481 e. The van der Waals surface area contributed by atoms with Crippen LogP contribution in [0.5, 0.6) is 0 Å². The average Bonchev–Trinajstić information content (AvgIpc) is 3.13. The summed E-state index contributed by atoms with van der Waals surface area (Å²) in [6, 6.07) is 0. The van der Waals surface area contributed by atoms with Crippen LogP contribution in [-0.4, -0.2) is 23.1 Å². The van der Waals surface area contributed by atoms with Crippen LogP contribution in [0.15, 0.2) is 48.6 Å². The van der Waals surface area contributed by atoms with Crippen molar-refractivity contribution in [1.82, 2.24) is 0 Å². The summed E-state index contributed by atoms with van der Waals surface area (Å²) in [5.41, 5.74) is 0. The number of ether oxygens (including phenoxy) is 1. The zero-order valence-electron chi connectivity index (χ0n) is 34.6. The maximum absolute atomic E-state index is 12.7. The molecule has 0 spiro atoms. The molecule has 0 rings (SSSR count). The first kappa shape index (κ1) is 49.9. The fraction of sp³-hybridized carbons (Fsp3) is 0.792. The molecule has 52 heavy (non-hydrogen) atoms. The van der Waals surface area contributed by atoms with Crippen LogP contribution < -0.4 is 0 Å². The molecule has 1 unspecified atom stereocenters. The van der Waals surface area contributed by atoms with Crippen LogP contribution in [-0.2, 0) is 14.3 Å². The van der Waals surface area contributed by atoms with Crippen LogP contribution in [0.3, 0.4) is 0 Å². The Balaban J connectivity index is 4.03. The monoisotopic (exact) mass is 727 g/mol. The molecule has 0 aliphatic rings. The summed E-state index contributed by atoms with van der Waals surface area (Å²) in [5, 5.41) is 8.85. The Kier molecular flexibility index (Phi) is 41.6. The van der Waals surface area contributed by atoms with E-state index < -0.39 is 5.97 Å². The van der Waals surface area contributed by atoms with E-state index in [4.69, 9.17) is 9.84 Å². The molecule has 302 valence electrons. The first-order valence-electron chi connectivity index (χ1n) is 22.6. The Hall–Kier alpha value is -2.10. The zero-order valence-corrected chi connectivity index (χ0v) is 34.6. The van der Waals surface area contributed by atoms with Crippen LogP contribution in [0.1, 0.15) is 239 Å². The van der Waals surface area contributed by atoms with Gasteiger partial charge in [0.25, 0.3) is 0 Å². The van der Waals surface area contributed by atoms with Gasteiger partial charge in [0.15, 0.2) is 0 Å². The second kappa shape index (κ2) is 43.3. The van der Waals surface area contributed by atoms with E-state index in [1.807, 2.05) is 0 Å². The van der Waals surface area contributed by atoms with Gasteiger partial charge < -0.3 is 9.84 Å². The number of carboxylic acids is 1. The minimum atomic E-state index is -0.706. The van der Waals surface area contributed by atoms with E-state index in [-0.39, 0.29) is 18.5 Å². The van der Waals surface area contributed by atoms with E-state index in [1.54, 1.807) is 0 Å². The molecule has 0 bridgehead atoms. The van der Waals surface area contributed by atoms with Crippen molar-refractivity contribution in [3.63, 3.8) is 0 Å². The predicted octanol–water partition coefficient (Wildman–Crippen LogP) is 15.9. The van der Waals surface area contributed by atoms with Gasteiger partial charge in [0, 0.05) is 12.8 Å². The number of aliphatic carboxylic acids is 1. The Labute approximate surface area is 323 Å². The van der Waals surface area contributed by atoms with Crippen molar-refractivity contribution in [1.29, 1.82) is 0 Å². The number of carboxylic acid groups (broad SMARTS) is 1. The molecule has 0 heterocycles. The summed E-state index contributed by atoms with van der Waals surface area (Å²) in [5.74, 6) is -0.723. The van der Waals surface area contributed by atoms with Crippen LogP contribution in [0.25, 0.3) is 0 Å². The predicted molar refractivity (Wildman–Crippen MR) is 227 cm³/mol. The number of hydrogen-bond acceptors (Lipinski definition) is 3. The molecule has 0 aliphatic carbocycles. The second-order valence-corrected chi connectivity index (χ2v) is 15.2. The van der Waals surface area contributed by atoms with Gasteiger partial charge in [-0.05, 0) is 77.0 Å². The molecule has 0 aromatic rings. The third kappa shape index (κ3) is 42.3. The number of rotatable bonds is 41. The van der Waals surface area contributed by atoms with Crippen molar-refractivity contribution < 1.29 is 19.4 Å². The first-order chi connectivity index (χ1) is 25.6. The molecular formula is C48H86O4. The Morgan fingerprint density at radius 2 is 0.808 bits per heavy atom. The Bertz CT molecular complexity index is 870. The molecule has 0 amide bonds. The minimum absolute atomic E-state index is 0.0163. The van der Waals surface area contributed by atoms with Crippen molar-refractivity contribution in [3.05, 3.63) is 48.6 Å². The number of esters is 1. The lowest BCUT2D eigenvalue weighted by atomic mass is 10.0. The maximum Gasteiger partial charge on any atom is 0.306 e. The summed E-state index contributed by atoms with van der Waals surface area (Å²) in [6.07, 6.45) is 58.6. The molecular weight excluding hydrogens is 641 g/mol. The molecule has 0 saturated heterocycles. The molecule has 0 aromatic heterocycles. The Morgan fingerprint density at radius 1 is 0.442 bits per heavy atom. The number of carbonyl (C=O) groups is 2. The fourth-order valence-electron chi connectivity index (χ4n) is 6.77. The van der Waals surface area contributed by atoms with Crippen LogP contribution in [0.4, 0.5) is 0 Å². The highest BCUT2D eigenvalue weighted by molar-refractivity contribution is 5.69. The molecule has 0 radical (unpaired) electrons. The molecule has 0 aromatic carbocycles. The van der Waals surface area contributed by atoms with Crippen LogP contribution >= 0.6 is 0 Å². The normalized spacial score (nSPS) is 12.7. The molecule has 0 saturated carbocycles. The van der Waals surface area contributed by atoms with Gasteiger partial charge in [-0.25, -0.2) is 0 Å².